The second-order valence-corrected chi connectivity index (χ2v) is 6.97. The average Bonchev–Trinajstić information content (AvgIpc) is 3.49. The van der Waals surface area contributed by atoms with Crippen molar-refractivity contribution in [1.82, 2.24) is 4.90 Å². The summed E-state index contributed by atoms with van der Waals surface area (Å²) in [4.78, 5) is 14.5. The number of carbonyl (C=O) groups is 1. The maximum Gasteiger partial charge on any atom is 0.225 e. The molecule has 0 spiro atoms. The number of halogens is 1. The van der Waals surface area contributed by atoms with Crippen molar-refractivity contribution in [2.75, 3.05) is 13.1 Å². The Bertz CT molecular complexity index is 727. The lowest BCUT2D eigenvalue weighted by atomic mass is 9.87. The average molecular weight is 339 g/mol. The van der Waals surface area contributed by atoms with Crippen molar-refractivity contribution >= 4 is 5.91 Å². The number of likely N-dealkylation sites (tertiary alicyclic amines) is 1. The molecule has 4 rings (SSSR count). The summed E-state index contributed by atoms with van der Waals surface area (Å²) in [6, 6.07) is 16.4. The molecular weight excluding hydrogens is 317 g/mol. The monoisotopic (exact) mass is 339 g/mol. The molecule has 0 radical (unpaired) electrons. The molecule has 0 bridgehead atoms. The second kappa shape index (κ2) is 6.87. The van der Waals surface area contributed by atoms with Crippen LogP contribution in [0, 0.1) is 11.7 Å². The Morgan fingerprint density at radius 2 is 1.72 bits per heavy atom. The third-order valence-electron chi connectivity index (χ3n) is 5.12. The first-order valence-electron chi connectivity index (χ1n) is 8.96. The standard InChI is InChI=1S/C21H22FNO2/c22-17-8-10-18(11-9-17)25-20-12-13-23(21(24)16-6-7-16)14-19(20)15-4-2-1-3-5-15/h1-5,8-11,16,19-20H,6-7,12-14H2/t19-,20-/m0/s1. The van der Waals surface area contributed by atoms with Gasteiger partial charge in [0.1, 0.15) is 17.7 Å². The van der Waals surface area contributed by atoms with Crippen molar-refractivity contribution < 1.29 is 13.9 Å². The van der Waals surface area contributed by atoms with Gasteiger partial charge in [-0.3, -0.25) is 4.79 Å². The maximum absolute atomic E-state index is 13.1. The largest absolute Gasteiger partial charge is 0.490 e. The van der Waals surface area contributed by atoms with Gasteiger partial charge in [-0.25, -0.2) is 4.39 Å². The predicted octanol–water partition coefficient (Wildman–Crippen LogP) is 4.00. The van der Waals surface area contributed by atoms with Crippen molar-refractivity contribution in [2.24, 2.45) is 5.92 Å². The van der Waals surface area contributed by atoms with Crippen LogP contribution in [0.15, 0.2) is 54.6 Å². The topological polar surface area (TPSA) is 29.5 Å². The van der Waals surface area contributed by atoms with E-state index < -0.39 is 0 Å². The molecule has 3 nitrogen and oxygen atoms in total. The van der Waals surface area contributed by atoms with Gasteiger partial charge in [-0.05, 0) is 42.7 Å². The molecule has 0 N–H and O–H groups in total. The molecule has 25 heavy (non-hydrogen) atoms. The fraction of sp³-hybridized carbons (Fsp3) is 0.381. The Morgan fingerprint density at radius 3 is 2.40 bits per heavy atom. The van der Waals surface area contributed by atoms with Crippen molar-refractivity contribution in [3.05, 3.63) is 66.0 Å². The van der Waals surface area contributed by atoms with Crippen molar-refractivity contribution in [2.45, 2.75) is 31.3 Å². The van der Waals surface area contributed by atoms with E-state index in [1.165, 1.54) is 17.7 Å². The second-order valence-electron chi connectivity index (χ2n) is 6.97. The SMILES string of the molecule is O=C(C1CC1)N1CC[C@H](Oc2ccc(F)cc2)[C@H](c2ccccc2)C1. The highest BCUT2D eigenvalue weighted by atomic mass is 19.1. The first-order chi connectivity index (χ1) is 12.2. The summed E-state index contributed by atoms with van der Waals surface area (Å²) in [5, 5.41) is 0. The lowest BCUT2D eigenvalue weighted by Gasteiger charge is -2.39. The van der Waals surface area contributed by atoms with Crippen LogP contribution in [-0.4, -0.2) is 30.0 Å². The number of ether oxygens (including phenoxy) is 1. The number of piperidine rings is 1. The Labute approximate surface area is 147 Å². The highest BCUT2D eigenvalue weighted by Gasteiger charge is 2.39. The lowest BCUT2D eigenvalue weighted by Crippen LogP contribution is -2.47. The molecule has 4 heteroatoms. The summed E-state index contributed by atoms with van der Waals surface area (Å²) in [6.07, 6.45) is 2.83. The van der Waals surface area contributed by atoms with Crippen LogP contribution in [-0.2, 0) is 4.79 Å². The maximum atomic E-state index is 13.1. The predicted molar refractivity (Wildman–Crippen MR) is 93.9 cm³/mol. The van der Waals surface area contributed by atoms with E-state index >= 15 is 0 Å². The molecule has 1 aliphatic carbocycles. The van der Waals surface area contributed by atoms with Gasteiger partial charge >= 0.3 is 0 Å². The van der Waals surface area contributed by atoms with Crippen LogP contribution in [0.3, 0.4) is 0 Å². The summed E-state index contributed by atoms with van der Waals surface area (Å²) in [6.45, 7) is 1.41. The smallest absolute Gasteiger partial charge is 0.225 e. The minimum atomic E-state index is -0.267. The first kappa shape index (κ1) is 16.1. The van der Waals surface area contributed by atoms with Crippen molar-refractivity contribution in [1.29, 1.82) is 0 Å². The van der Waals surface area contributed by atoms with Gasteiger partial charge < -0.3 is 9.64 Å². The van der Waals surface area contributed by atoms with E-state index in [-0.39, 0.29) is 23.8 Å². The number of hydrogen-bond donors (Lipinski definition) is 0. The molecule has 2 atom stereocenters. The van der Waals surface area contributed by atoms with Crippen LogP contribution < -0.4 is 4.74 Å². The van der Waals surface area contributed by atoms with E-state index in [4.69, 9.17) is 4.74 Å². The summed E-state index contributed by atoms with van der Waals surface area (Å²) < 4.78 is 19.3. The molecule has 1 heterocycles. The minimum Gasteiger partial charge on any atom is -0.490 e. The molecule has 1 saturated heterocycles. The van der Waals surface area contributed by atoms with Gasteiger partial charge in [0.25, 0.3) is 0 Å². The van der Waals surface area contributed by atoms with E-state index in [0.29, 0.717) is 18.2 Å². The van der Waals surface area contributed by atoms with Crippen LogP contribution in [0.5, 0.6) is 5.75 Å². The van der Waals surface area contributed by atoms with Gasteiger partial charge in [0.05, 0.1) is 0 Å². The van der Waals surface area contributed by atoms with Crippen molar-refractivity contribution in [3.63, 3.8) is 0 Å². The van der Waals surface area contributed by atoms with Gasteiger partial charge in [0.15, 0.2) is 0 Å². The fourth-order valence-electron chi connectivity index (χ4n) is 3.57. The van der Waals surface area contributed by atoms with Gasteiger partial charge in [-0.15, -0.1) is 0 Å². The third kappa shape index (κ3) is 3.68. The Hall–Kier alpha value is -2.36. The molecule has 2 aromatic rings. The zero-order valence-corrected chi connectivity index (χ0v) is 14.1. The van der Waals surface area contributed by atoms with Gasteiger partial charge in [0, 0.05) is 31.3 Å². The molecule has 0 unspecified atom stereocenters. The molecule has 0 aromatic heterocycles. The van der Waals surface area contributed by atoms with E-state index in [1.54, 1.807) is 12.1 Å². The molecule has 130 valence electrons. The van der Waals surface area contributed by atoms with E-state index in [1.807, 2.05) is 23.1 Å². The van der Waals surface area contributed by atoms with Crippen LogP contribution in [0.25, 0.3) is 0 Å². The summed E-state index contributed by atoms with van der Waals surface area (Å²) in [5.41, 5.74) is 1.18. The van der Waals surface area contributed by atoms with Crippen LogP contribution in [0.4, 0.5) is 4.39 Å². The van der Waals surface area contributed by atoms with Crippen LogP contribution in [0.1, 0.15) is 30.7 Å². The fourth-order valence-corrected chi connectivity index (χ4v) is 3.57. The molecule has 2 aromatic carbocycles. The number of amides is 1. The molecule has 1 saturated carbocycles. The Kier molecular flexibility index (Phi) is 4.43. The highest BCUT2D eigenvalue weighted by Crippen LogP contribution is 2.35. The molecular formula is C21H22FNO2. The Balaban J connectivity index is 1.54. The molecule has 1 aliphatic heterocycles. The quantitative estimate of drug-likeness (QED) is 0.843. The number of rotatable bonds is 4. The Morgan fingerprint density at radius 1 is 1.00 bits per heavy atom. The van der Waals surface area contributed by atoms with E-state index in [2.05, 4.69) is 12.1 Å². The van der Waals surface area contributed by atoms with Gasteiger partial charge in [-0.1, -0.05) is 30.3 Å². The van der Waals surface area contributed by atoms with Gasteiger partial charge in [0.2, 0.25) is 5.91 Å². The summed E-state index contributed by atoms with van der Waals surface area (Å²) >= 11 is 0. The van der Waals surface area contributed by atoms with E-state index in [9.17, 15) is 9.18 Å². The zero-order chi connectivity index (χ0) is 17.2. The zero-order valence-electron chi connectivity index (χ0n) is 14.1. The van der Waals surface area contributed by atoms with Crippen LogP contribution >= 0.6 is 0 Å². The van der Waals surface area contributed by atoms with Crippen LogP contribution in [0.2, 0.25) is 0 Å². The lowest BCUT2D eigenvalue weighted by molar-refractivity contribution is -0.134. The minimum absolute atomic E-state index is 0.0175. The number of carbonyl (C=O) groups excluding carboxylic acids is 1. The highest BCUT2D eigenvalue weighted by molar-refractivity contribution is 5.81. The molecule has 2 aliphatic rings. The third-order valence-corrected chi connectivity index (χ3v) is 5.12. The van der Waals surface area contributed by atoms with Gasteiger partial charge in [-0.2, -0.15) is 0 Å². The number of benzene rings is 2. The summed E-state index contributed by atoms with van der Waals surface area (Å²) in [7, 11) is 0. The van der Waals surface area contributed by atoms with E-state index in [0.717, 1.165) is 25.8 Å². The molecule has 1 amide bonds. The first-order valence-corrected chi connectivity index (χ1v) is 8.96. The summed E-state index contributed by atoms with van der Waals surface area (Å²) in [5.74, 6) is 1.07. The van der Waals surface area contributed by atoms with Crippen molar-refractivity contribution in [3.8, 4) is 5.75 Å². The number of hydrogen-bond acceptors (Lipinski definition) is 2. The number of nitrogens with zero attached hydrogens (tertiary/aromatic N) is 1. The molecule has 2 fully saturated rings. The normalized spacial score (nSPS) is 23.3.